The van der Waals surface area contributed by atoms with Gasteiger partial charge in [-0.25, -0.2) is 4.68 Å². The van der Waals surface area contributed by atoms with Crippen LogP contribution in [0.25, 0.3) is 16.8 Å². The van der Waals surface area contributed by atoms with Crippen molar-refractivity contribution in [1.29, 1.82) is 0 Å². The van der Waals surface area contributed by atoms with Crippen molar-refractivity contribution in [3.8, 4) is 16.8 Å². The first kappa shape index (κ1) is 12.4. The molecule has 0 aliphatic heterocycles. The van der Waals surface area contributed by atoms with E-state index >= 15 is 0 Å². The van der Waals surface area contributed by atoms with Crippen LogP contribution in [0.5, 0.6) is 0 Å². The lowest BCUT2D eigenvalue weighted by atomic mass is 10.0. The van der Waals surface area contributed by atoms with Gasteiger partial charge in [-0.1, -0.05) is 18.2 Å². The third-order valence-corrected chi connectivity index (χ3v) is 3.41. The SMILES string of the molecule is Cc1nn(-c2ccccc2)c(C)c1-c1ccncc1N. The van der Waals surface area contributed by atoms with Crippen LogP contribution in [0.4, 0.5) is 5.69 Å². The van der Waals surface area contributed by atoms with E-state index in [9.17, 15) is 0 Å². The third-order valence-electron chi connectivity index (χ3n) is 3.41. The number of nitrogens with two attached hydrogens (primary N) is 1. The Morgan fingerprint density at radius 3 is 2.50 bits per heavy atom. The third kappa shape index (κ3) is 1.95. The minimum absolute atomic E-state index is 0.673. The molecule has 0 spiro atoms. The fourth-order valence-corrected chi connectivity index (χ4v) is 2.49. The normalized spacial score (nSPS) is 10.7. The van der Waals surface area contributed by atoms with Crippen LogP contribution in [0, 0.1) is 13.8 Å². The van der Waals surface area contributed by atoms with Gasteiger partial charge in [-0.2, -0.15) is 5.10 Å². The maximum Gasteiger partial charge on any atom is 0.0680 e. The summed E-state index contributed by atoms with van der Waals surface area (Å²) in [5.41, 5.74) is 11.9. The van der Waals surface area contributed by atoms with Gasteiger partial charge in [0.1, 0.15) is 0 Å². The first-order valence-electron chi connectivity index (χ1n) is 6.50. The van der Waals surface area contributed by atoms with E-state index in [1.54, 1.807) is 12.4 Å². The Bertz CT molecular complexity index is 744. The van der Waals surface area contributed by atoms with E-state index in [0.717, 1.165) is 28.2 Å². The largest absolute Gasteiger partial charge is 0.397 e. The molecule has 0 amide bonds. The average Bonchev–Trinajstić information content (AvgIpc) is 2.76. The smallest absolute Gasteiger partial charge is 0.0680 e. The molecule has 0 bridgehead atoms. The molecule has 0 saturated heterocycles. The van der Waals surface area contributed by atoms with Gasteiger partial charge in [-0.15, -0.1) is 0 Å². The van der Waals surface area contributed by atoms with E-state index < -0.39 is 0 Å². The minimum Gasteiger partial charge on any atom is -0.397 e. The molecule has 0 unspecified atom stereocenters. The lowest BCUT2D eigenvalue weighted by Gasteiger charge is -2.07. The first-order valence-corrected chi connectivity index (χ1v) is 6.50. The highest BCUT2D eigenvalue weighted by atomic mass is 15.3. The van der Waals surface area contributed by atoms with E-state index in [0.29, 0.717) is 5.69 Å². The molecule has 20 heavy (non-hydrogen) atoms. The highest BCUT2D eigenvalue weighted by Gasteiger charge is 2.16. The monoisotopic (exact) mass is 264 g/mol. The molecule has 100 valence electrons. The molecule has 3 rings (SSSR count). The van der Waals surface area contributed by atoms with Crippen molar-refractivity contribution in [2.75, 3.05) is 5.73 Å². The zero-order valence-corrected chi connectivity index (χ0v) is 11.5. The molecule has 0 atom stereocenters. The van der Waals surface area contributed by atoms with Gasteiger partial charge < -0.3 is 5.73 Å². The van der Waals surface area contributed by atoms with Crippen molar-refractivity contribution in [3.05, 3.63) is 60.2 Å². The second-order valence-electron chi connectivity index (χ2n) is 4.76. The number of nitrogens with zero attached hydrogens (tertiary/aromatic N) is 3. The summed E-state index contributed by atoms with van der Waals surface area (Å²) in [7, 11) is 0. The topological polar surface area (TPSA) is 56.7 Å². The molecule has 0 radical (unpaired) electrons. The average molecular weight is 264 g/mol. The van der Waals surface area contributed by atoms with E-state index in [2.05, 4.69) is 17.0 Å². The Morgan fingerprint density at radius 2 is 1.80 bits per heavy atom. The molecule has 4 nitrogen and oxygen atoms in total. The fourth-order valence-electron chi connectivity index (χ4n) is 2.49. The number of para-hydroxylation sites is 1. The van der Waals surface area contributed by atoms with E-state index in [1.165, 1.54) is 0 Å². The Morgan fingerprint density at radius 1 is 1.05 bits per heavy atom. The zero-order chi connectivity index (χ0) is 14.1. The molecule has 2 aromatic heterocycles. The summed E-state index contributed by atoms with van der Waals surface area (Å²) in [6.07, 6.45) is 3.43. The van der Waals surface area contributed by atoms with Crippen molar-refractivity contribution in [2.45, 2.75) is 13.8 Å². The molecule has 3 aromatic rings. The number of anilines is 1. The van der Waals surface area contributed by atoms with Crippen molar-refractivity contribution in [2.24, 2.45) is 0 Å². The molecular weight excluding hydrogens is 248 g/mol. The Kier molecular flexibility index (Phi) is 2.99. The number of hydrogen-bond donors (Lipinski definition) is 1. The summed E-state index contributed by atoms with van der Waals surface area (Å²) in [6, 6.07) is 12.0. The number of rotatable bonds is 2. The first-order chi connectivity index (χ1) is 9.68. The Hall–Kier alpha value is -2.62. The molecule has 0 saturated carbocycles. The lowest BCUT2D eigenvalue weighted by Crippen LogP contribution is -1.98. The number of aryl methyl sites for hydroxylation is 1. The Labute approximate surface area is 117 Å². The second kappa shape index (κ2) is 4.81. The molecule has 0 fully saturated rings. The molecule has 0 aliphatic rings. The summed E-state index contributed by atoms with van der Waals surface area (Å²) in [5, 5.41) is 4.64. The highest BCUT2D eigenvalue weighted by Crippen LogP contribution is 2.31. The van der Waals surface area contributed by atoms with Gasteiger partial charge >= 0.3 is 0 Å². The van der Waals surface area contributed by atoms with Gasteiger partial charge in [0, 0.05) is 23.0 Å². The van der Waals surface area contributed by atoms with E-state index in [4.69, 9.17) is 5.73 Å². The summed E-state index contributed by atoms with van der Waals surface area (Å²) in [4.78, 5) is 4.04. The maximum absolute atomic E-state index is 6.04. The molecule has 2 N–H and O–H groups in total. The summed E-state index contributed by atoms with van der Waals surface area (Å²) < 4.78 is 1.95. The quantitative estimate of drug-likeness (QED) is 0.773. The van der Waals surface area contributed by atoms with E-state index in [1.807, 2.05) is 48.0 Å². The summed E-state index contributed by atoms with van der Waals surface area (Å²) in [6.45, 7) is 4.06. The van der Waals surface area contributed by atoms with Gasteiger partial charge in [-0.05, 0) is 32.0 Å². The molecule has 4 heteroatoms. The number of hydrogen-bond acceptors (Lipinski definition) is 3. The van der Waals surface area contributed by atoms with Gasteiger partial charge in [0.05, 0.1) is 23.3 Å². The van der Waals surface area contributed by atoms with Crippen LogP contribution < -0.4 is 5.73 Å². The van der Waals surface area contributed by atoms with Crippen LogP contribution in [-0.4, -0.2) is 14.8 Å². The number of pyridine rings is 1. The van der Waals surface area contributed by atoms with Gasteiger partial charge in [0.2, 0.25) is 0 Å². The summed E-state index contributed by atoms with van der Waals surface area (Å²) >= 11 is 0. The van der Waals surface area contributed by atoms with Crippen molar-refractivity contribution >= 4 is 5.69 Å². The van der Waals surface area contributed by atoms with Crippen molar-refractivity contribution < 1.29 is 0 Å². The van der Waals surface area contributed by atoms with Crippen LogP contribution in [0.3, 0.4) is 0 Å². The molecule has 0 aliphatic carbocycles. The maximum atomic E-state index is 6.04. The summed E-state index contributed by atoms with van der Waals surface area (Å²) in [5.74, 6) is 0. The van der Waals surface area contributed by atoms with Gasteiger partial charge in [0.15, 0.2) is 0 Å². The van der Waals surface area contributed by atoms with Crippen LogP contribution >= 0.6 is 0 Å². The van der Waals surface area contributed by atoms with Crippen LogP contribution in [0.15, 0.2) is 48.8 Å². The van der Waals surface area contributed by atoms with Crippen molar-refractivity contribution in [3.63, 3.8) is 0 Å². The lowest BCUT2D eigenvalue weighted by molar-refractivity contribution is 0.834. The zero-order valence-electron chi connectivity index (χ0n) is 11.5. The van der Waals surface area contributed by atoms with Crippen LogP contribution in [0.1, 0.15) is 11.4 Å². The minimum atomic E-state index is 0.673. The molecule has 1 aromatic carbocycles. The van der Waals surface area contributed by atoms with Crippen LogP contribution in [-0.2, 0) is 0 Å². The highest BCUT2D eigenvalue weighted by molar-refractivity contribution is 5.79. The number of aromatic nitrogens is 3. The Balaban J connectivity index is 2.20. The van der Waals surface area contributed by atoms with E-state index in [-0.39, 0.29) is 0 Å². The fraction of sp³-hybridized carbons (Fsp3) is 0.125. The van der Waals surface area contributed by atoms with Gasteiger partial charge in [-0.3, -0.25) is 4.98 Å². The number of nitrogen functional groups attached to an aromatic ring is 1. The molecular formula is C16H16N4. The predicted molar refractivity (Wildman–Crippen MR) is 80.7 cm³/mol. The standard InChI is InChI=1S/C16H16N4/c1-11-16(14-8-9-18-10-15(14)17)12(2)20(19-11)13-6-4-3-5-7-13/h3-10H,17H2,1-2H3. The second-order valence-corrected chi connectivity index (χ2v) is 4.76. The van der Waals surface area contributed by atoms with Gasteiger partial charge in [0.25, 0.3) is 0 Å². The number of benzene rings is 1. The van der Waals surface area contributed by atoms with Crippen LogP contribution in [0.2, 0.25) is 0 Å². The predicted octanol–water partition coefficient (Wildman–Crippen LogP) is 3.13. The van der Waals surface area contributed by atoms with Crippen molar-refractivity contribution in [1.82, 2.24) is 14.8 Å². The molecule has 2 heterocycles.